The Bertz CT molecular complexity index is 610. The number of hydrogen-bond donors (Lipinski definition) is 0. The molecule has 2 rings (SSSR count). The summed E-state index contributed by atoms with van der Waals surface area (Å²) >= 11 is 0. The predicted molar refractivity (Wildman–Crippen MR) is 81.1 cm³/mol. The van der Waals surface area contributed by atoms with E-state index >= 15 is 0 Å². The monoisotopic (exact) mass is 328 g/mol. The molecule has 0 bridgehead atoms. The van der Waals surface area contributed by atoms with Crippen LogP contribution in [0.4, 0.5) is 10.6 Å². The normalized spacial score (nSPS) is 14.8. The molecule has 1 aromatic rings. The van der Waals surface area contributed by atoms with Gasteiger partial charge in [-0.3, -0.25) is 0 Å². The number of carboxylic acid groups (broad SMARTS) is 1. The number of hydrogen-bond acceptors (Lipinski definition) is 7. The van der Waals surface area contributed by atoms with Crippen LogP contribution in [0.2, 0.25) is 0 Å². The number of anilines is 1. The van der Waals surface area contributed by atoms with Gasteiger partial charge in [0.05, 0.1) is 11.5 Å². The van der Waals surface area contributed by atoms with Gasteiger partial charge in [-0.05, 0) is 27.7 Å². The van der Waals surface area contributed by atoms with E-state index in [1.807, 2.05) is 25.7 Å². The van der Waals surface area contributed by atoms with Crippen molar-refractivity contribution in [3.8, 4) is 0 Å². The summed E-state index contributed by atoms with van der Waals surface area (Å²) in [5.74, 6) is -0.490. The van der Waals surface area contributed by atoms with Crippen LogP contribution in [-0.4, -0.2) is 58.7 Å². The molecule has 1 amide bonds. The molecular weight excluding hydrogens is 307 g/mol. The van der Waals surface area contributed by atoms with Crippen molar-refractivity contribution >= 4 is 17.9 Å². The van der Waals surface area contributed by atoms with Gasteiger partial charge < -0.3 is 24.4 Å². The largest absolute Gasteiger partial charge is 1.00 e. The first kappa shape index (κ1) is 20.3. The van der Waals surface area contributed by atoms with Crippen molar-refractivity contribution in [1.82, 2.24) is 14.9 Å². The van der Waals surface area contributed by atoms with Crippen molar-refractivity contribution in [2.24, 2.45) is 0 Å². The van der Waals surface area contributed by atoms with Gasteiger partial charge in [0.15, 0.2) is 0 Å². The van der Waals surface area contributed by atoms with Gasteiger partial charge in [0, 0.05) is 32.4 Å². The summed E-state index contributed by atoms with van der Waals surface area (Å²) in [6.45, 7) is 8.95. The third-order valence-corrected chi connectivity index (χ3v) is 3.34. The third kappa shape index (κ3) is 5.11. The van der Waals surface area contributed by atoms with Crippen LogP contribution in [0.3, 0.4) is 0 Å². The summed E-state index contributed by atoms with van der Waals surface area (Å²) in [6, 6.07) is 0. The van der Waals surface area contributed by atoms with Crippen LogP contribution in [0.1, 0.15) is 37.0 Å². The number of nitrogens with zero attached hydrogens (tertiary/aromatic N) is 4. The Kier molecular flexibility index (Phi) is 6.64. The molecule has 8 nitrogen and oxygen atoms in total. The number of aromatic carboxylic acids is 1. The Morgan fingerprint density at radius 3 is 2.29 bits per heavy atom. The van der Waals surface area contributed by atoms with E-state index in [4.69, 9.17) is 4.74 Å². The molecule has 0 radical (unpaired) electrons. The molecule has 1 saturated heterocycles. The van der Waals surface area contributed by atoms with Gasteiger partial charge in [0.25, 0.3) is 0 Å². The van der Waals surface area contributed by atoms with Gasteiger partial charge in [-0.1, -0.05) is 0 Å². The van der Waals surface area contributed by atoms with Gasteiger partial charge in [-0.15, -0.1) is 0 Å². The van der Waals surface area contributed by atoms with Crippen molar-refractivity contribution in [2.75, 3.05) is 31.1 Å². The Morgan fingerprint density at radius 2 is 1.79 bits per heavy atom. The molecule has 2 heterocycles. The molecule has 1 aromatic heterocycles. The fourth-order valence-corrected chi connectivity index (χ4v) is 2.27. The van der Waals surface area contributed by atoms with Crippen LogP contribution in [-0.2, 0) is 4.74 Å². The van der Waals surface area contributed by atoms with Crippen molar-refractivity contribution in [3.63, 3.8) is 0 Å². The number of carboxylic acids is 1. The molecule has 0 unspecified atom stereocenters. The first-order valence-electron chi connectivity index (χ1n) is 7.45. The van der Waals surface area contributed by atoms with E-state index in [1.165, 1.54) is 6.20 Å². The molecule has 0 saturated carbocycles. The minimum absolute atomic E-state index is 0. The summed E-state index contributed by atoms with van der Waals surface area (Å²) < 4.78 is 5.34. The zero-order valence-corrected chi connectivity index (χ0v) is 14.8. The average Bonchev–Trinajstić information content (AvgIpc) is 2.45. The van der Waals surface area contributed by atoms with Crippen LogP contribution in [0, 0.1) is 6.92 Å². The van der Waals surface area contributed by atoms with Gasteiger partial charge in [-0.25, -0.2) is 14.8 Å². The molecule has 0 atom stereocenters. The topological polar surface area (TPSA) is 98.7 Å². The minimum Gasteiger partial charge on any atom is -0.545 e. The van der Waals surface area contributed by atoms with Gasteiger partial charge in [-0.2, -0.15) is 0 Å². The van der Waals surface area contributed by atoms with Crippen molar-refractivity contribution < 1.29 is 38.3 Å². The maximum absolute atomic E-state index is 12.0. The fourth-order valence-electron chi connectivity index (χ4n) is 2.27. The molecule has 126 valence electrons. The van der Waals surface area contributed by atoms with E-state index in [-0.39, 0.29) is 30.5 Å². The number of amides is 1. The Hall–Kier alpha value is -1.78. The molecule has 9 heteroatoms. The smallest absolute Gasteiger partial charge is 0.545 e. The number of carbonyl (C=O) groups excluding carboxylic acids is 2. The van der Waals surface area contributed by atoms with E-state index in [1.54, 1.807) is 11.8 Å². The Balaban J connectivity index is 0.00000288. The van der Waals surface area contributed by atoms with Crippen LogP contribution >= 0.6 is 0 Å². The Morgan fingerprint density at radius 1 is 1.21 bits per heavy atom. The molecular formula is C15H21LiN4O4. The zero-order chi connectivity index (χ0) is 17.2. The Labute approximate surface area is 153 Å². The summed E-state index contributed by atoms with van der Waals surface area (Å²) in [4.78, 5) is 34.8. The number of ether oxygens (including phenoxy) is 1. The van der Waals surface area contributed by atoms with E-state index in [0.29, 0.717) is 37.8 Å². The number of aryl methyl sites for hydroxylation is 1. The van der Waals surface area contributed by atoms with E-state index < -0.39 is 11.6 Å². The van der Waals surface area contributed by atoms with Crippen LogP contribution in [0.5, 0.6) is 0 Å². The van der Waals surface area contributed by atoms with E-state index in [0.717, 1.165) is 0 Å². The molecule has 1 aliphatic rings. The summed E-state index contributed by atoms with van der Waals surface area (Å²) in [7, 11) is 0. The second kappa shape index (κ2) is 7.86. The molecule has 1 fully saturated rings. The predicted octanol–water partition coefficient (Wildman–Crippen LogP) is -2.79. The van der Waals surface area contributed by atoms with E-state index in [9.17, 15) is 14.7 Å². The van der Waals surface area contributed by atoms with Gasteiger partial charge in [0.1, 0.15) is 17.2 Å². The van der Waals surface area contributed by atoms with Gasteiger partial charge >= 0.3 is 25.0 Å². The van der Waals surface area contributed by atoms with E-state index in [2.05, 4.69) is 9.97 Å². The van der Waals surface area contributed by atoms with Crippen LogP contribution < -0.4 is 28.9 Å². The summed E-state index contributed by atoms with van der Waals surface area (Å²) in [6.07, 6.45) is 0.893. The quantitative estimate of drug-likeness (QED) is 0.541. The molecule has 0 aromatic carbocycles. The molecule has 24 heavy (non-hydrogen) atoms. The van der Waals surface area contributed by atoms with Gasteiger partial charge in [0.2, 0.25) is 0 Å². The third-order valence-electron chi connectivity index (χ3n) is 3.34. The maximum Gasteiger partial charge on any atom is 1.00 e. The minimum atomic E-state index is -1.31. The fraction of sp³-hybridized carbons (Fsp3) is 0.600. The zero-order valence-electron chi connectivity index (χ0n) is 14.8. The number of carbonyl (C=O) groups is 2. The SMILES string of the molecule is Cc1ncc(C(=O)[O-])c(N2CCN(C(=O)OC(C)(C)C)CC2)n1.[Li+]. The number of piperazine rings is 1. The molecule has 0 aliphatic carbocycles. The standard InChI is InChI=1S/C15H22N4O4.Li/c1-10-16-9-11(13(20)21)12(17-10)18-5-7-19(8-6-18)14(22)23-15(2,3)4;/h9H,5-8H2,1-4H3,(H,20,21);/q;+1/p-1. The first-order valence-corrected chi connectivity index (χ1v) is 7.45. The van der Waals surface area contributed by atoms with Crippen LogP contribution in [0.15, 0.2) is 6.20 Å². The average molecular weight is 328 g/mol. The second-order valence-electron chi connectivity index (χ2n) is 6.40. The summed E-state index contributed by atoms with van der Waals surface area (Å²) in [5.41, 5.74) is -0.582. The van der Waals surface area contributed by atoms with Crippen LogP contribution in [0.25, 0.3) is 0 Å². The first-order chi connectivity index (χ1) is 10.7. The van der Waals surface area contributed by atoms with Crippen molar-refractivity contribution in [3.05, 3.63) is 17.6 Å². The molecule has 0 spiro atoms. The van der Waals surface area contributed by atoms with Crippen molar-refractivity contribution in [1.29, 1.82) is 0 Å². The summed E-state index contributed by atoms with van der Waals surface area (Å²) in [5, 5.41) is 11.2. The number of aromatic nitrogens is 2. The van der Waals surface area contributed by atoms with Crippen molar-refractivity contribution in [2.45, 2.75) is 33.3 Å². The second-order valence-corrected chi connectivity index (χ2v) is 6.40. The molecule has 1 aliphatic heterocycles. The maximum atomic E-state index is 12.0. The number of rotatable bonds is 2. The molecule has 0 N–H and O–H groups in total.